The van der Waals surface area contributed by atoms with Crippen molar-refractivity contribution in [2.75, 3.05) is 5.32 Å². The first kappa shape index (κ1) is 12.6. The molecule has 5 nitrogen and oxygen atoms in total. The molecule has 0 spiro atoms. The first-order valence-electron chi connectivity index (χ1n) is 6.32. The Hall–Kier alpha value is -2.11. The van der Waals surface area contributed by atoms with Gasteiger partial charge in [-0.1, -0.05) is 40.4 Å². The van der Waals surface area contributed by atoms with Crippen LogP contribution in [-0.4, -0.2) is 20.2 Å². The van der Waals surface area contributed by atoms with Crippen LogP contribution < -0.4 is 5.32 Å². The van der Waals surface area contributed by atoms with Crippen molar-refractivity contribution >= 4 is 29.2 Å². The van der Waals surface area contributed by atoms with Crippen molar-refractivity contribution < 1.29 is 0 Å². The van der Waals surface area contributed by atoms with Crippen molar-refractivity contribution in [3.8, 4) is 5.69 Å². The van der Waals surface area contributed by atoms with Crippen molar-refractivity contribution in [3.05, 3.63) is 63.6 Å². The highest BCUT2D eigenvalue weighted by Gasteiger charge is 2.27. The summed E-state index contributed by atoms with van der Waals surface area (Å²) in [7, 11) is 0. The van der Waals surface area contributed by atoms with Gasteiger partial charge in [-0.25, -0.2) is 0 Å². The lowest BCUT2D eigenvalue weighted by Crippen LogP contribution is -2.23. The van der Waals surface area contributed by atoms with Gasteiger partial charge in [0.15, 0.2) is 0 Å². The molecule has 0 fully saturated rings. The molecule has 0 bridgehead atoms. The Morgan fingerprint density at radius 2 is 1.76 bits per heavy atom. The van der Waals surface area contributed by atoms with E-state index in [4.69, 9.17) is 23.2 Å². The van der Waals surface area contributed by atoms with Crippen LogP contribution in [0.3, 0.4) is 0 Å². The number of tetrazole rings is 1. The zero-order chi connectivity index (χ0) is 14.4. The van der Waals surface area contributed by atoms with Crippen LogP contribution in [0.2, 0.25) is 10.0 Å². The van der Waals surface area contributed by atoms with Gasteiger partial charge in [-0.3, -0.25) is 0 Å². The molecule has 0 saturated heterocycles. The molecule has 2 heterocycles. The van der Waals surface area contributed by atoms with Crippen molar-refractivity contribution in [2.24, 2.45) is 0 Å². The second-order valence-corrected chi connectivity index (χ2v) is 5.62. The van der Waals surface area contributed by atoms with Gasteiger partial charge in [-0.05, 0) is 46.3 Å². The number of hydrogen-bond acceptors (Lipinski definition) is 4. The Bertz CT molecular complexity index is 812. The number of anilines is 1. The molecule has 7 heteroatoms. The van der Waals surface area contributed by atoms with E-state index >= 15 is 0 Å². The zero-order valence-electron chi connectivity index (χ0n) is 10.7. The molecule has 3 aromatic rings. The molecule has 0 amide bonds. The summed E-state index contributed by atoms with van der Waals surface area (Å²) in [5, 5.41) is 16.4. The van der Waals surface area contributed by atoms with E-state index in [1.54, 1.807) is 4.68 Å². The van der Waals surface area contributed by atoms with Gasteiger partial charge in [0, 0.05) is 15.6 Å². The summed E-state index contributed by atoms with van der Waals surface area (Å²) in [6.45, 7) is 0. The number of nitrogens with zero attached hydrogens (tertiary/aromatic N) is 4. The molecule has 104 valence electrons. The number of hydrogen-bond donors (Lipinski definition) is 1. The molecular weight excluding hydrogens is 309 g/mol. The van der Waals surface area contributed by atoms with Crippen molar-refractivity contribution in [1.82, 2.24) is 20.2 Å². The molecule has 1 unspecified atom stereocenters. The summed E-state index contributed by atoms with van der Waals surface area (Å²) in [4.78, 5) is 0. The minimum absolute atomic E-state index is 0.0746. The molecule has 1 atom stereocenters. The molecule has 0 aliphatic carbocycles. The molecule has 2 aromatic carbocycles. The van der Waals surface area contributed by atoms with Gasteiger partial charge in [-0.15, -0.1) is 0 Å². The Morgan fingerprint density at radius 3 is 2.57 bits per heavy atom. The van der Waals surface area contributed by atoms with E-state index in [2.05, 4.69) is 20.8 Å². The maximum absolute atomic E-state index is 6.15. The molecule has 0 radical (unpaired) electrons. The molecule has 0 saturated carbocycles. The molecule has 1 aliphatic heterocycles. The molecule has 1 aromatic heterocycles. The van der Waals surface area contributed by atoms with Crippen LogP contribution in [0.4, 0.5) is 5.95 Å². The van der Waals surface area contributed by atoms with Crippen LogP contribution in [0, 0.1) is 0 Å². The Kier molecular flexibility index (Phi) is 2.83. The highest BCUT2D eigenvalue weighted by molar-refractivity contribution is 6.31. The summed E-state index contributed by atoms with van der Waals surface area (Å²) in [5.41, 5.74) is 3.00. The normalized spacial score (nSPS) is 16.0. The first-order chi connectivity index (χ1) is 10.2. The third-order valence-corrected chi connectivity index (χ3v) is 3.96. The monoisotopic (exact) mass is 317 g/mol. The fourth-order valence-electron chi connectivity index (χ4n) is 2.51. The topological polar surface area (TPSA) is 55.6 Å². The molecule has 4 rings (SSSR count). The Morgan fingerprint density at radius 1 is 1.00 bits per heavy atom. The van der Waals surface area contributed by atoms with Crippen LogP contribution in [0.25, 0.3) is 5.69 Å². The van der Waals surface area contributed by atoms with Crippen LogP contribution in [0.1, 0.15) is 17.2 Å². The Labute approximate surface area is 130 Å². The number of fused-ring (bicyclic) bond motifs is 3. The van der Waals surface area contributed by atoms with Gasteiger partial charge in [-0.2, -0.15) is 4.68 Å². The molecular formula is C14H9Cl2N5. The summed E-state index contributed by atoms with van der Waals surface area (Å²) in [5.74, 6) is 0.602. The number of benzene rings is 2. The van der Waals surface area contributed by atoms with E-state index < -0.39 is 0 Å². The predicted molar refractivity (Wildman–Crippen MR) is 81.1 cm³/mol. The van der Waals surface area contributed by atoms with Crippen molar-refractivity contribution in [3.63, 3.8) is 0 Å². The number of rotatable bonds is 1. The fraction of sp³-hybridized carbons (Fsp3) is 0.0714. The largest absolute Gasteiger partial charge is 0.342 e. The van der Waals surface area contributed by atoms with Gasteiger partial charge in [0.2, 0.25) is 5.95 Å². The van der Waals surface area contributed by atoms with Gasteiger partial charge in [0.05, 0.1) is 11.7 Å². The summed E-state index contributed by atoms with van der Waals surface area (Å²) >= 11 is 12.1. The fourth-order valence-corrected chi connectivity index (χ4v) is 2.82. The van der Waals surface area contributed by atoms with Crippen LogP contribution >= 0.6 is 23.2 Å². The van der Waals surface area contributed by atoms with Crippen molar-refractivity contribution in [1.29, 1.82) is 0 Å². The highest BCUT2D eigenvalue weighted by atomic mass is 35.5. The minimum atomic E-state index is -0.0746. The van der Waals surface area contributed by atoms with E-state index in [1.807, 2.05) is 42.5 Å². The lowest BCUT2D eigenvalue weighted by Gasteiger charge is -2.27. The van der Waals surface area contributed by atoms with Crippen LogP contribution in [0.15, 0.2) is 42.5 Å². The van der Waals surface area contributed by atoms with Crippen LogP contribution in [-0.2, 0) is 0 Å². The lowest BCUT2D eigenvalue weighted by atomic mass is 9.96. The second-order valence-electron chi connectivity index (χ2n) is 4.75. The number of nitrogens with one attached hydrogen (secondary N) is 1. The average molecular weight is 318 g/mol. The quantitative estimate of drug-likeness (QED) is 0.746. The number of aromatic nitrogens is 4. The molecule has 1 N–H and O–H groups in total. The van der Waals surface area contributed by atoms with Gasteiger partial charge in [0.1, 0.15) is 0 Å². The highest BCUT2D eigenvalue weighted by Crippen LogP contribution is 2.36. The summed E-state index contributed by atoms with van der Waals surface area (Å²) < 4.78 is 1.66. The van der Waals surface area contributed by atoms with E-state index in [-0.39, 0.29) is 6.04 Å². The maximum atomic E-state index is 6.15. The SMILES string of the molecule is Clc1ccc(C2Nc3nnnn3-c3ccc(Cl)cc32)cc1. The first-order valence-corrected chi connectivity index (χ1v) is 7.08. The third kappa shape index (κ3) is 2.05. The lowest BCUT2D eigenvalue weighted by molar-refractivity contribution is 0.749. The standard InChI is InChI=1S/C14H9Cl2N5/c15-9-3-1-8(2-4-9)13-11-7-10(16)5-6-12(11)21-14(17-13)18-19-20-21/h1-7,13H,(H,17,18,20). The smallest absolute Gasteiger partial charge is 0.248 e. The third-order valence-electron chi connectivity index (χ3n) is 3.48. The van der Waals surface area contributed by atoms with E-state index in [1.165, 1.54) is 0 Å². The number of halogens is 2. The summed E-state index contributed by atoms with van der Waals surface area (Å²) in [6.07, 6.45) is 0. The van der Waals surface area contributed by atoms with Gasteiger partial charge >= 0.3 is 0 Å². The van der Waals surface area contributed by atoms with Crippen LogP contribution in [0.5, 0.6) is 0 Å². The van der Waals surface area contributed by atoms with Gasteiger partial charge < -0.3 is 5.32 Å². The average Bonchev–Trinajstić information content (AvgIpc) is 2.95. The maximum Gasteiger partial charge on any atom is 0.248 e. The van der Waals surface area contributed by atoms with E-state index in [9.17, 15) is 0 Å². The predicted octanol–water partition coefficient (Wildman–Crippen LogP) is 3.48. The van der Waals surface area contributed by atoms with E-state index in [0.717, 1.165) is 16.8 Å². The van der Waals surface area contributed by atoms with Gasteiger partial charge in [0.25, 0.3) is 0 Å². The van der Waals surface area contributed by atoms with E-state index in [0.29, 0.717) is 16.0 Å². The zero-order valence-corrected chi connectivity index (χ0v) is 12.2. The molecule has 1 aliphatic rings. The molecule has 21 heavy (non-hydrogen) atoms. The van der Waals surface area contributed by atoms with Crippen molar-refractivity contribution in [2.45, 2.75) is 6.04 Å². The Balaban J connectivity index is 1.91. The second kappa shape index (κ2) is 4.72. The summed E-state index contributed by atoms with van der Waals surface area (Å²) in [6, 6.07) is 13.3. The minimum Gasteiger partial charge on any atom is -0.342 e.